The van der Waals surface area contributed by atoms with Gasteiger partial charge in [0.1, 0.15) is 0 Å². The van der Waals surface area contributed by atoms with Crippen LogP contribution in [0.2, 0.25) is 0 Å². The summed E-state index contributed by atoms with van der Waals surface area (Å²) in [6.07, 6.45) is 4.17. The lowest BCUT2D eigenvalue weighted by molar-refractivity contribution is 0.0952. The molecule has 2 N–H and O–H groups in total. The van der Waals surface area contributed by atoms with Crippen LogP contribution in [0.5, 0.6) is 0 Å². The molecule has 1 amide bonds. The Bertz CT molecular complexity index is 1020. The van der Waals surface area contributed by atoms with Crippen molar-refractivity contribution in [1.29, 1.82) is 0 Å². The van der Waals surface area contributed by atoms with E-state index < -0.39 is 0 Å². The fourth-order valence-corrected chi connectivity index (χ4v) is 4.43. The van der Waals surface area contributed by atoms with Gasteiger partial charge >= 0.3 is 0 Å². The monoisotopic (exact) mass is 416 g/mol. The van der Waals surface area contributed by atoms with Gasteiger partial charge in [-0.25, -0.2) is 0 Å². The Balaban J connectivity index is 1.44. The molecular formula is C26H32N4O. The van der Waals surface area contributed by atoms with Gasteiger partial charge in [0.2, 0.25) is 0 Å². The lowest BCUT2D eigenvalue weighted by Gasteiger charge is -2.17. The SMILES string of the molecule is CCN(CC)CCCNC(=O)c1ccc(-c2n[nH]c3c2CCCc2ccccc2-3)cc1. The van der Waals surface area contributed by atoms with Gasteiger partial charge in [0.25, 0.3) is 5.91 Å². The molecule has 3 aromatic rings. The number of aryl methyl sites for hydroxylation is 1. The maximum Gasteiger partial charge on any atom is 0.251 e. The largest absolute Gasteiger partial charge is 0.352 e. The summed E-state index contributed by atoms with van der Waals surface area (Å²) >= 11 is 0. The Hall–Kier alpha value is -2.92. The molecule has 31 heavy (non-hydrogen) atoms. The highest BCUT2D eigenvalue weighted by atomic mass is 16.1. The third kappa shape index (κ3) is 4.72. The number of benzene rings is 2. The summed E-state index contributed by atoms with van der Waals surface area (Å²) < 4.78 is 0. The summed E-state index contributed by atoms with van der Waals surface area (Å²) in [5.41, 5.74) is 7.79. The van der Waals surface area contributed by atoms with Crippen molar-refractivity contribution >= 4 is 5.91 Å². The zero-order valence-corrected chi connectivity index (χ0v) is 18.6. The van der Waals surface area contributed by atoms with E-state index in [1.807, 2.05) is 24.3 Å². The fraction of sp³-hybridized carbons (Fsp3) is 0.385. The molecular weight excluding hydrogens is 384 g/mol. The average Bonchev–Trinajstić information content (AvgIpc) is 3.14. The highest BCUT2D eigenvalue weighted by Gasteiger charge is 2.21. The second-order valence-electron chi connectivity index (χ2n) is 8.15. The summed E-state index contributed by atoms with van der Waals surface area (Å²) in [6, 6.07) is 16.4. The Kier molecular flexibility index (Phi) is 6.82. The van der Waals surface area contributed by atoms with E-state index in [0.717, 1.165) is 62.3 Å². The van der Waals surface area contributed by atoms with Crippen molar-refractivity contribution in [2.75, 3.05) is 26.2 Å². The normalized spacial score (nSPS) is 12.9. The molecule has 0 atom stereocenters. The Labute approximate surface area is 184 Å². The van der Waals surface area contributed by atoms with Gasteiger partial charge in [-0.15, -0.1) is 0 Å². The number of amides is 1. The van der Waals surface area contributed by atoms with E-state index in [4.69, 9.17) is 0 Å². The van der Waals surface area contributed by atoms with E-state index in [0.29, 0.717) is 12.1 Å². The number of nitrogens with zero attached hydrogens (tertiary/aromatic N) is 2. The van der Waals surface area contributed by atoms with Gasteiger partial charge in [0.05, 0.1) is 11.4 Å². The average molecular weight is 417 g/mol. The number of hydrogen-bond acceptors (Lipinski definition) is 3. The minimum Gasteiger partial charge on any atom is -0.352 e. The van der Waals surface area contributed by atoms with Crippen LogP contribution in [-0.4, -0.2) is 47.2 Å². The van der Waals surface area contributed by atoms with Crippen molar-refractivity contribution < 1.29 is 4.79 Å². The number of fused-ring (bicyclic) bond motifs is 3. The first-order valence-electron chi connectivity index (χ1n) is 11.5. The van der Waals surface area contributed by atoms with Gasteiger partial charge in [0, 0.05) is 28.8 Å². The minimum atomic E-state index is -0.0131. The third-order valence-corrected chi connectivity index (χ3v) is 6.28. The molecule has 1 aromatic heterocycles. The second kappa shape index (κ2) is 9.92. The minimum absolute atomic E-state index is 0.0131. The zero-order chi connectivity index (χ0) is 21.6. The molecule has 5 nitrogen and oxygen atoms in total. The lowest BCUT2D eigenvalue weighted by Crippen LogP contribution is -2.29. The number of nitrogens with one attached hydrogen (secondary N) is 2. The number of H-pyrrole nitrogens is 1. The van der Waals surface area contributed by atoms with Gasteiger partial charge in [-0.05, 0) is 63.0 Å². The van der Waals surface area contributed by atoms with E-state index in [1.165, 1.54) is 16.7 Å². The zero-order valence-electron chi connectivity index (χ0n) is 18.6. The van der Waals surface area contributed by atoms with E-state index >= 15 is 0 Å². The molecule has 0 radical (unpaired) electrons. The van der Waals surface area contributed by atoms with Crippen molar-refractivity contribution in [2.45, 2.75) is 39.5 Å². The molecule has 4 rings (SSSR count). The van der Waals surface area contributed by atoms with Crippen LogP contribution in [0, 0.1) is 0 Å². The van der Waals surface area contributed by atoms with Crippen molar-refractivity contribution in [3.05, 3.63) is 65.2 Å². The van der Waals surface area contributed by atoms with Crippen molar-refractivity contribution in [2.24, 2.45) is 0 Å². The molecule has 0 saturated heterocycles. The first kappa shape index (κ1) is 21.3. The van der Waals surface area contributed by atoms with Gasteiger partial charge in [0.15, 0.2) is 0 Å². The Morgan fingerprint density at radius 2 is 1.84 bits per heavy atom. The molecule has 1 aliphatic rings. The van der Waals surface area contributed by atoms with Gasteiger partial charge in [-0.3, -0.25) is 9.89 Å². The number of rotatable bonds is 8. The summed E-state index contributed by atoms with van der Waals surface area (Å²) in [5.74, 6) is -0.0131. The van der Waals surface area contributed by atoms with E-state index in [2.05, 4.69) is 58.5 Å². The molecule has 0 aliphatic heterocycles. The molecule has 0 unspecified atom stereocenters. The summed E-state index contributed by atoms with van der Waals surface area (Å²) in [6.45, 7) is 8.15. The van der Waals surface area contributed by atoms with E-state index in [9.17, 15) is 4.79 Å². The van der Waals surface area contributed by atoms with Crippen LogP contribution in [0.15, 0.2) is 48.5 Å². The molecule has 5 heteroatoms. The molecule has 2 aromatic carbocycles. The third-order valence-electron chi connectivity index (χ3n) is 6.28. The second-order valence-corrected chi connectivity index (χ2v) is 8.15. The number of hydrogen-bond donors (Lipinski definition) is 2. The van der Waals surface area contributed by atoms with Crippen molar-refractivity contribution in [1.82, 2.24) is 20.4 Å². The van der Waals surface area contributed by atoms with Crippen LogP contribution in [-0.2, 0) is 12.8 Å². The predicted octanol–water partition coefficient (Wildman–Crippen LogP) is 4.69. The van der Waals surface area contributed by atoms with Crippen LogP contribution >= 0.6 is 0 Å². The fourth-order valence-electron chi connectivity index (χ4n) is 4.43. The predicted molar refractivity (Wildman–Crippen MR) is 126 cm³/mol. The van der Waals surface area contributed by atoms with E-state index in [1.54, 1.807) is 0 Å². The summed E-state index contributed by atoms with van der Waals surface area (Å²) in [4.78, 5) is 14.9. The van der Waals surface area contributed by atoms with Gasteiger partial charge < -0.3 is 10.2 Å². The summed E-state index contributed by atoms with van der Waals surface area (Å²) in [7, 11) is 0. The van der Waals surface area contributed by atoms with Crippen LogP contribution in [0.1, 0.15) is 48.2 Å². The molecule has 0 bridgehead atoms. The molecule has 1 aliphatic carbocycles. The van der Waals surface area contributed by atoms with Gasteiger partial charge in [-0.1, -0.05) is 50.2 Å². The molecule has 162 valence electrons. The van der Waals surface area contributed by atoms with Crippen molar-refractivity contribution in [3.63, 3.8) is 0 Å². The highest BCUT2D eigenvalue weighted by Crippen LogP contribution is 2.36. The maximum absolute atomic E-state index is 12.5. The molecule has 0 spiro atoms. The van der Waals surface area contributed by atoms with E-state index in [-0.39, 0.29) is 5.91 Å². The number of aromatic nitrogens is 2. The first-order chi connectivity index (χ1) is 15.2. The lowest BCUT2D eigenvalue weighted by atomic mass is 9.99. The highest BCUT2D eigenvalue weighted by molar-refractivity contribution is 5.94. The Morgan fingerprint density at radius 3 is 2.61 bits per heavy atom. The smallest absolute Gasteiger partial charge is 0.251 e. The van der Waals surface area contributed by atoms with Crippen LogP contribution < -0.4 is 5.32 Å². The standard InChI is InChI=1S/C26H32N4O/c1-3-30(4-2)18-8-17-27-26(31)21-15-13-20(14-16-21)24-23-12-7-10-19-9-5-6-11-22(19)25(23)29-28-24/h5-6,9,11,13-16H,3-4,7-8,10,12,17-18H2,1-2H3,(H,27,31)(H,28,29). The Morgan fingerprint density at radius 1 is 1.06 bits per heavy atom. The molecule has 0 saturated carbocycles. The number of aromatic amines is 1. The van der Waals surface area contributed by atoms with Crippen LogP contribution in [0.4, 0.5) is 0 Å². The van der Waals surface area contributed by atoms with Crippen LogP contribution in [0.3, 0.4) is 0 Å². The number of carbonyl (C=O) groups is 1. The number of carbonyl (C=O) groups excluding carboxylic acids is 1. The van der Waals surface area contributed by atoms with Crippen molar-refractivity contribution in [3.8, 4) is 22.5 Å². The topological polar surface area (TPSA) is 61.0 Å². The van der Waals surface area contributed by atoms with Gasteiger partial charge in [-0.2, -0.15) is 5.10 Å². The quantitative estimate of drug-likeness (QED) is 0.524. The maximum atomic E-state index is 12.5. The first-order valence-corrected chi connectivity index (χ1v) is 11.5. The molecule has 1 heterocycles. The van der Waals surface area contributed by atoms with Crippen LogP contribution in [0.25, 0.3) is 22.5 Å². The summed E-state index contributed by atoms with van der Waals surface area (Å²) in [5, 5.41) is 11.0. The molecule has 0 fully saturated rings.